The SMILES string of the molecule is COc1cncc(C(N)c2ccccc2OC)c1. The van der Waals surface area contributed by atoms with Crippen LogP contribution in [0.2, 0.25) is 0 Å². The van der Waals surface area contributed by atoms with Crippen LogP contribution in [0.5, 0.6) is 11.5 Å². The molecule has 2 N–H and O–H groups in total. The highest BCUT2D eigenvalue weighted by molar-refractivity contribution is 5.41. The van der Waals surface area contributed by atoms with Crippen molar-refractivity contribution in [3.05, 3.63) is 53.9 Å². The fraction of sp³-hybridized carbons (Fsp3) is 0.214. The predicted octanol–water partition coefficient (Wildman–Crippen LogP) is 2.15. The molecule has 94 valence electrons. The third-order valence-corrected chi connectivity index (χ3v) is 2.80. The third kappa shape index (κ3) is 2.43. The molecule has 1 unspecified atom stereocenters. The molecule has 1 aromatic carbocycles. The molecule has 0 saturated carbocycles. The van der Waals surface area contributed by atoms with Gasteiger partial charge in [-0.2, -0.15) is 0 Å². The number of hydrogen-bond donors (Lipinski definition) is 1. The largest absolute Gasteiger partial charge is 0.496 e. The molecule has 1 aromatic heterocycles. The lowest BCUT2D eigenvalue weighted by molar-refractivity contribution is 0.406. The van der Waals surface area contributed by atoms with Gasteiger partial charge >= 0.3 is 0 Å². The van der Waals surface area contributed by atoms with E-state index in [4.69, 9.17) is 15.2 Å². The molecular weight excluding hydrogens is 228 g/mol. The zero-order valence-corrected chi connectivity index (χ0v) is 10.5. The molecule has 1 heterocycles. The Morgan fingerprint density at radius 3 is 2.61 bits per heavy atom. The number of methoxy groups -OCH3 is 2. The maximum absolute atomic E-state index is 6.24. The van der Waals surface area contributed by atoms with Crippen LogP contribution in [-0.4, -0.2) is 19.2 Å². The molecule has 0 aliphatic carbocycles. The summed E-state index contributed by atoms with van der Waals surface area (Å²) in [6.07, 6.45) is 3.39. The van der Waals surface area contributed by atoms with Gasteiger partial charge in [-0.3, -0.25) is 4.98 Å². The van der Waals surface area contributed by atoms with Crippen LogP contribution < -0.4 is 15.2 Å². The Morgan fingerprint density at radius 2 is 1.89 bits per heavy atom. The molecule has 0 saturated heterocycles. The standard InChI is InChI=1S/C14H16N2O2/c1-17-11-7-10(8-16-9-11)14(15)12-5-3-4-6-13(12)18-2/h3-9,14H,15H2,1-2H3. The second-order valence-corrected chi connectivity index (χ2v) is 3.88. The molecule has 4 nitrogen and oxygen atoms in total. The number of rotatable bonds is 4. The van der Waals surface area contributed by atoms with E-state index >= 15 is 0 Å². The molecule has 0 bridgehead atoms. The van der Waals surface area contributed by atoms with Crippen molar-refractivity contribution in [3.8, 4) is 11.5 Å². The van der Waals surface area contributed by atoms with Crippen LogP contribution >= 0.6 is 0 Å². The van der Waals surface area contributed by atoms with E-state index in [1.54, 1.807) is 26.6 Å². The highest BCUT2D eigenvalue weighted by Crippen LogP contribution is 2.28. The lowest BCUT2D eigenvalue weighted by Crippen LogP contribution is -2.13. The number of benzene rings is 1. The predicted molar refractivity (Wildman–Crippen MR) is 69.8 cm³/mol. The number of pyridine rings is 1. The van der Waals surface area contributed by atoms with Crippen LogP contribution in [0.1, 0.15) is 17.2 Å². The van der Waals surface area contributed by atoms with E-state index in [1.807, 2.05) is 30.3 Å². The van der Waals surface area contributed by atoms with E-state index in [9.17, 15) is 0 Å². The molecule has 2 aromatic rings. The van der Waals surface area contributed by atoms with E-state index in [-0.39, 0.29) is 6.04 Å². The average Bonchev–Trinajstić information content (AvgIpc) is 2.46. The lowest BCUT2D eigenvalue weighted by atomic mass is 10.00. The van der Waals surface area contributed by atoms with Crippen molar-refractivity contribution < 1.29 is 9.47 Å². The van der Waals surface area contributed by atoms with E-state index in [2.05, 4.69) is 4.98 Å². The van der Waals surface area contributed by atoms with Gasteiger partial charge in [0.25, 0.3) is 0 Å². The monoisotopic (exact) mass is 244 g/mol. The van der Waals surface area contributed by atoms with Gasteiger partial charge in [0.05, 0.1) is 26.5 Å². The van der Waals surface area contributed by atoms with E-state index in [0.717, 1.165) is 16.9 Å². The summed E-state index contributed by atoms with van der Waals surface area (Å²) >= 11 is 0. The first-order chi connectivity index (χ1) is 8.76. The molecule has 18 heavy (non-hydrogen) atoms. The Kier molecular flexibility index (Phi) is 3.79. The second-order valence-electron chi connectivity index (χ2n) is 3.88. The summed E-state index contributed by atoms with van der Waals surface area (Å²) in [5, 5.41) is 0. The first kappa shape index (κ1) is 12.4. The van der Waals surface area contributed by atoms with Gasteiger partial charge in [-0.15, -0.1) is 0 Å². The van der Waals surface area contributed by atoms with E-state index < -0.39 is 0 Å². The number of hydrogen-bond acceptors (Lipinski definition) is 4. The van der Waals surface area contributed by atoms with Crippen LogP contribution in [0, 0.1) is 0 Å². The maximum atomic E-state index is 6.24. The summed E-state index contributed by atoms with van der Waals surface area (Å²) < 4.78 is 10.5. The van der Waals surface area contributed by atoms with Gasteiger partial charge in [-0.25, -0.2) is 0 Å². The van der Waals surface area contributed by atoms with Crippen LogP contribution in [0.3, 0.4) is 0 Å². The van der Waals surface area contributed by atoms with Crippen LogP contribution in [-0.2, 0) is 0 Å². The number of ether oxygens (including phenoxy) is 2. The number of nitrogens with two attached hydrogens (primary N) is 1. The fourth-order valence-electron chi connectivity index (χ4n) is 1.82. The number of aromatic nitrogens is 1. The number of nitrogens with zero attached hydrogens (tertiary/aromatic N) is 1. The van der Waals surface area contributed by atoms with Crippen molar-refractivity contribution in [2.24, 2.45) is 5.73 Å². The fourth-order valence-corrected chi connectivity index (χ4v) is 1.82. The van der Waals surface area contributed by atoms with Gasteiger partial charge in [-0.05, 0) is 17.7 Å². The van der Waals surface area contributed by atoms with Crippen molar-refractivity contribution in [2.45, 2.75) is 6.04 Å². The Morgan fingerprint density at radius 1 is 1.11 bits per heavy atom. The molecular formula is C14H16N2O2. The Hall–Kier alpha value is -2.07. The molecule has 0 radical (unpaired) electrons. The first-order valence-corrected chi connectivity index (χ1v) is 5.63. The van der Waals surface area contributed by atoms with Crippen molar-refractivity contribution in [3.63, 3.8) is 0 Å². The summed E-state index contributed by atoms with van der Waals surface area (Å²) in [7, 11) is 3.24. The first-order valence-electron chi connectivity index (χ1n) is 5.63. The molecule has 1 atom stereocenters. The lowest BCUT2D eigenvalue weighted by Gasteiger charge is -2.16. The van der Waals surface area contributed by atoms with E-state index in [1.165, 1.54) is 0 Å². The van der Waals surface area contributed by atoms with Crippen molar-refractivity contribution in [2.75, 3.05) is 14.2 Å². The minimum atomic E-state index is -0.288. The van der Waals surface area contributed by atoms with Gasteiger partial charge in [0.1, 0.15) is 11.5 Å². The summed E-state index contributed by atoms with van der Waals surface area (Å²) in [6, 6.07) is 9.28. The van der Waals surface area contributed by atoms with Crippen molar-refractivity contribution in [1.29, 1.82) is 0 Å². The number of para-hydroxylation sites is 1. The summed E-state index contributed by atoms with van der Waals surface area (Å²) in [5.74, 6) is 1.46. The third-order valence-electron chi connectivity index (χ3n) is 2.80. The second kappa shape index (κ2) is 5.51. The highest BCUT2D eigenvalue weighted by Gasteiger charge is 2.14. The quantitative estimate of drug-likeness (QED) is 0.895. The van der Waals surface area contributed by atoms with Crippen molar-refractivity contribution >= 4 is 0 Å². The van der Waals surface area contributed by atoms with Crippen LogP contribution in [0.4, 0.5) is 0 Å². The van der Waals surface area contributed by atoms with Crippen molar-refractivity contribution in [1.82, 2.24) is 4.98 Å². The molecule has 4 heteroatoms. The molecule has 0 aliphatic rings. The van der Waals surface area contributed by atoms with Gasteiger partial charge in [0.15, 0.2) is 0 Å². The molecule has 2 rings (SSSR count). The smallest absolute Gasteiger partial charge is 0.137 e. The van der Waals surface area contributed by atoms with Gasteiger partial charge in [-0.1, -0.05) is 18.2 Å². The zero-order chi connectivity index (χ0) is 13.0. The van der Waals surface area contributed by atoms with Crippen LogP contribution in [0.15, 0.2) is 42.7 Å². The minimum Gasteiger partial charge on any atom is -0.496 e. The molecule has 0 amide bonds. The molecule has 0 fully saturated rings. The summed E-state index contributed by atoms with van der Waals surface area (Å²) in [4.78, 5) is 4.11. The van der Waals surface area contributed by atoms with Gasteiger partial charge in [0.2, 0.25) is 0 Å². The minimum absolute atomic E-state index is 0.288. The van der Waals surface area contributed by atoms with Gasteiger partial charge in [0, 0.05) is 11.8 Å². The van der Waals surface area contributed by atoms with Gasteiger partial charge < -0.3 is 15.2 Å². The summed E-state index contributed by atoms with van der Waals surface area (Å²) in [5.41, 5.74) is 8.05. The Labute approximate surface area is 106 Å². The molecule has 0 aliphatic heterocycles. The topological polar surface area (TPSA) is 57.4 Å². The van der Waals surface area contributed by atoms with Crippen LogP contribution in [0.25, 0.3) is 0 Å². The molecule has 0 spiro atoms. The average molecular weight is 244 g/mol. The summed E-state index contributed by atoms with van der Waals surface area (Å²) in [6.45, 7) is 0. The maximum Gasteiger partial charge on any atom is 0.137 e. The highest BCUT2D eigenvalue weighted by atomic mass is 16.5. The zero-order valence-electron chi connectivity index (χ0n) is 10.5. The van der Waals surface area contributed by atoms with E-state index in [0.29, 0.717) is 5.75 Å². The normalized spacial score (nSPS) is 11.9. The Balaban J connectivity index is 2.37. The Bertz CT molecular complexity index is 529.